The molecule has 0 aliphatic heterocycles. The van der Waals surface area contributed by atoms with Gasteiger partial charge >= 0.3 is 13.8 Å². The molecule has 0 saturated heterocycles. The summed E-state index contributed by atoms with van der Waals surface area (Å²) in [5, 5.41) is 12.6. The summed E-state index contributed by atoms with van der Waals surface area (Å²) in [6.07, 6.45) is 9.72. The van der Waals surface area contributed by atoms with Crippen LogP contribution in [-0.4, -0.2) is 59.1 Å². The Kier molecular flexibility index (Phi) is 10.7. The molecular formula is C27H38N7O7P. The van der Waals surface area contributed by atoms with Gasteiger partial charge in [0, 0.05) is 18.6 Å². The molecule has 2 aliphatic rings. The highest BCUT2D eigenvalue weighted by atomic mass is 31.2. The van der Waals surface area contributed by atoms with Crippen molar-refractivity contribution in [2.45, 2.75) is 64.3 Å². The monoisotopic (exact) mass is 603 g/mol. The van der Waals surface area contributed by atoms with Crippen LogP contribution in [0.4, 0.5) is 11.8 Å². The topological polar surface area (TPSA) is 207 Å². The molecule has 0 amide bonds. The van der Waals surface area contributed by atoms with Crippen LogP contribution < -0.4 is 16.5 Å². The van der Waals surface area contributed by atoms with Gasteiger partial charge in [-0.15, -0.1) is 0 Å². The third kappa shape index (κ3) is 8.81. The maximum absolute atomic E-state index is 11.7. The van der Waals surface area contributed by atoms with Crippen LogP contribution in [0.15, 0.2) is 48.8 Å². The van der Waals surface area contributed by atoms with Gasteiger partial charge in [-0.1, -0.05) is 62.8 Å². The molecule has 0 unspecified atom stereocenters. The summed E-state index contributed by atoms with van der Waals surface area (Å²) < 4.78 is 16.9. The van der Waals surface area contributed by atoms with Gasteiger partial charge in [0.2, 0.25) is 5.95 Å². The summed E-state index contributed by atoms with van der Waals surface area (Å²) in [5.41, 5.74) is 10.8. The first-order valence-electron chi connectivity index (χ1n) is 13.8. The Labute approximate surface area is 243 Å². The molecule has 14 nitrogen and oxygen atoms in total. The van der Waals surface area contributed by atoms with Gasteiger partial charge in [-0.2, -0.15) is 15.4 Å². The van der Waals surface area contributed by atoms with Gasteiger partial charge in [0.1, 0.15) is 6.04 Å². The number of nitrogens with two attached hydrogens (primary N) is 1. The van der Waals surface area contributed by atoms with E-state index in [9.17, 15) is 14.5 Å². The first-order chi connectivity index (χ1) is 20.1. The lowest BCUT2D eigenvalue weighted by Crippen LogP contribution is -2.42. The number of phosphoric ester groups is 1. The van der Waals surface area contributed by atoms with E-state index in [2.05, 4.69) is 36.3 Å². The maximum atomic E-state index is 11.7. The van der Waals surface area contributed by atoms with Crippen molar-refractivity contribution in [3.63, 3.8) is 0 Å². The van der Waals surface area contributed by atoms with Gasteiger partial charge in [-0.3, -0.25) is 14.6 Å². The number of rotatable bonds is 12. The number of hydroxylamine groups is 1. The molecular weight excluding hydrogens is 565 g/mol. The number of nitrogen functional groups attached to an aromatic ring is 1. The molecule has 0 bridgehead atoms. The zero-order valence-electron chi connectivity index (χ0n) is 23.5. The number of hydrogen-bond acceptors (Lipinski definition) is 11. The number of allylic oxidation sites excluding steroid dienone is 1. The number of aliphatic hydroxyl groups excluding tert-OH is 1. The minimum absolute atomic E-state index is 0.162. The lowest BCUT2D eigenvalue weighted by atomic mass is 10.0. The van der Waals surface area contributed by atoms with E-state index in [1.54, 1.807) is 13.3 Å². The summed E-state index contributed by atoms with van der Waals surface area (Å²) in [5.74, 6) is -0.0613. The first-order valence-corrected chi connectivity index (χ1v) is 15.4. The van der Waals surface area contributed by atoms with Crippen LogP contribution in [0.3, 0.4) is 0 Å². The minimum Gasteiger partial charge on any atom is -0.396 e. The number of aromatic nitrogens is 4. The van der Waals surface area contributed by atoms with Crippen molar-refractivity contribution in [2.24, 2.45) is 11.8 Å². The van der Waals surface area contributed by atoms with E-state index < -0.39 is 19.8 Å². The number of nitrogens with one attached hydrogen (secondary N) is 2. The van der Waals surface area contributed by atoms with Crippen LogP contribution in [0, 0.1) is 11.8 Å². The van der Waals surface area contributed by atoms with E-state index in [-0.39, 0.29) is 37.0 Å². The Bertz CT molecular complexity index is 1410. The molecule has 4 atom stereocenters. The Morgan fingerprint density at radius 2 is 1.95 bits per heavy atom. The number of aliphatic hydroxyl groups is 1. The SMILES string of the molecule is CC[C@H](C)[C@H](NOCc1ccccc1)C(=O)OP(=O)(O)O.Nc1nc(NC2CC2)c2ncn([C@H]3C=C[C@@H](CO)C3)c2n1. The normalized spacial score (nSPS) is 19.6. The average Bonchev–Trinajstić information content (AvgIpc) is 3.46. The fourth-order valence-corrected chi connectivity index (χ4v) is 4.74. The van der Waals surface area contributed by atoms with Gasteiger partial charge < -0.3 is 25.2 Å². The Morgan fingerprint density at radius 3 is 2.57 bits per heavy atom. The molecule has 2 aromatic heterocycles. The van der Waals surface area contributed by atoms with E-state index in [1.165, 1.54) is 0 Å². The predicted molar refractivity (Wildman–Crippen MR) is 155 cm³/mol. The van der Waals surface area contributed by atoms with Crippen molar-refractivity contribution < 1.29 is 33.6 Å². The molecule has 5 rings (SSSR count). The Hall–Kier alpha value is -3.39. The smallest absolute Gasteiger partial charge is 0.396 e. The van der Waals surface area contributed by atoms with Crippen LogP contribution in [0.5, 0.6) is 0 Å². The zero-order chi connectivity index (χ0) is 30.3. The number of imidazole rings is 1. The number of anilines is 2. The zero-order valence-corrected chi connectivity index (χ0v) is 24.4. The molecule has 2 aliphatic carbocycles. The Balaban J connectivity index is 0.000000193. The number of nitrogens with zero attached hydrogens (tertiary/aromatic N) is 4. The summed E-state index contributed by atoms with van der Waals surface area (Å²) in [4.78, 5) is 47.5. The molecule has 42 heavy (non-hydrogen) atoms. The van der Waals surface area contributed by atoms with Gasteiger partial charge in [-0.25, -0.2) is 14.3 Å². The second-order valence-electron chi connectivity index (χ2n) is 10.5. The highest BCUT2D eigenvalue weighted by Gasteiger charge is 2.31. The Morgan fingerprint density at radius 1 is 1.21 bits per heavy atom. The third-order valence-corrected chi connectivity index (χ3v) is 7.48. The quantitative estimate of drug-likeness (QED) is 0.100. The molecule has 228 valence electrons. The lowest BCUT2D eigenvalue weighted by molar-refractivity contribution is -0.145. The van der Waals surface area contributed by atoms with Crippen molar-refractivity contribution in [3.8, 4) is 0 Å². The fraction of sp³-hybridized carbons (Fsp3) is 0.481. The molecule has 15 heteroatoms. The van der Waals surface area contributed by atoms with Crippen molar-refractivity contribution in [3.05, 3.63) is 54.4 Å². The van der Waals surface area contributed by atoms with E-state index in [4.69, 9.17) is 20.4 Å². The molecule has 7 N–H and O–H groups in total. The van der Waals surface area contributed by atoms with Crippen molar-refractivity contribution in [1.82, 2.24) is 25.0 Å². The van der Waals surface area contributed by atoms with E-state index in [0.717, 1.165) is 41.8 Å². The van der Waals surface area contributed by atoms with Crippen LogP contribution in [-0.2, 0) is 25.3 Å². The fourth-order valence-electron chi connectivity index (χ4n) is 4.39. The predicted octanol–water partition coefficient (Wildman–Crippen LogP) is 2.85. The number of hydrogen-bond donors (Lipinski definition) is 6. The van der Waals surface area contributed by atoms with Crippen molar-refractivity contribution in [2.75, 3.05) is 17.7 Å². The molecule has 0 radical (unpaired) electrons. The number of phosphoric acid groups is 1. The van der Waals surface area contributed by atoms with Crippen LogP contribution in [0.2, 0.25) is 0 Å². The first kappa shape index (κ1) is 31.5. The molecule has 0 spiro atoms. The van der Waals surface area contributed by atoms with Crippen LogP contribution >= 0.6 is 7.82 Å². The standard InChI is InChI=1S/C14H18N6O.C13H20NO6P/c15-14-18-12(17-9-2-3-9)11-13(19-14)20(7-16-11)10-4-1-8(5-10)6-21;1-3-10(2)12(13(15)20-21(16,17)18)14-19-9-11-7-5-4-6-8-11/h1,4,7-10,21H,2-3,5-6H2,(H3,15,17,18,19);4-8,10,12,14H,3,9H2,1-2H3,(H2,16,17,18)/t8-,10+;10-,12-/m10/s1. The average molecular weight is 604 g/mol. The van der Waals surface area contributed by atoms with Gasteiger partial charge in [-0.05, 0) is 30.7 Å². The van der Waals surface area contributed by atoms with Gasteiger partial charge in [0.05, 0.1) is 19.0 Å². The second kappa shape index (κ2) is 14.2. The number of benzene rings is 1. The highest BCUT2D eigenvalue weighted by Crippen LogP contribution is 2.37. The van der Waals surface area contributed by atoms with E-state index in [0.29, 0.717) is 12.5 Å². The summed E-state index contributed by atoms with van der Waals surface area (Å²) in [6, 6.07) is 8.98. The highest BCUT2D eigenvalue weighted by molar-refractivity contribution is 7.46. The van der Waals surface area contributed by atoms with E-state index in [1.807, 2.05) is 47.9 Å². The van der Waals surface area contributed by atoms with Crippen molar-refractivity contribution >= 4 is 36.7 Å². The number of carbonyl (C=O) groups is 1. The summed E-state index contributed by atoms with van der Waals surface area (Å²) in [7, 11) is -4.86. The molecule has 1 saturated carbocycles. The van der Waals surface area contributed by atoms with Crippen molar-refractivity contribution in [1.29, 1.82) is 0 Å². The van der Waals surface area contributed by atoms with E-state index >= 15 is 0 Å². The second-order valence-corrected chi connectivity index (χ2v) is 11.6. The number of carbonyl (C=O) groups excluding carboxylic acids is 1. The molecule has 1 fully saturated rings. The van der Waals surface area contributed by atoms with Gasteiger partial charge in [0.15, 0.2) is 17.0 Å². The van der Waals surface area contributed by atoms with Crippen LogP contribution in [0.1, 0.15) is 51.1 Å². The van der Waals surface area contributed by atoms with Gasteiger partial charge in [0.25, 0.3) is 0 Å². The maximum Gasteiger partial charge on any atom is 0.527 e. The third-order valence-electron chi connectivity index (χ3n) is 7.07. The minimum atomic E-state index is -4.86. The van der Waals surface area contributed by atoms with Crippen LogP contribution in [0.25, 0.3) is 11.2 Å². The lowest BCUT2D eigenvalue weighted by Gasteiger charge is -2.22. The molecule has 2 heterocycles. The largest absolute Gasteiger partial charge is 0.527 e. The summed E-state index contributed by atoms with van der Waals surface area (Å²) >= 11 is 0. The summed E-state index contributed by atoms with van der Waals surface area (Å²) in [6.45, 7) is 3.99. The molecule has 3 aromatic rings. The number of fused-ring (bicyclic) bond motifs is 1. The molecule has 1 aromatic carbocycles.